The number of rotatable bonds is 5. The van der Waals surface area contributed by atoms with Gasteiger partial charge in [-0.25, -0.2) is 4.39 Å². The number of benzene rings is 1. The van der Waals surface area contributed by atoms with Crippen LogP contribution in [0.5, 0.6) is 5.75 Å². The number of amides is 1. The van der Waals surface area contributed by atoms with E-state index in [1.54, 1.807) is 17.0 Å². The minimum Gasteiger partial charge on any atom is -0.493 e. The van der Waals surface area contributed by atoms with Crippen molar-refractivity contribution in [2.45, 2.75) is 19.3 Å². The molecule has 0 spiro atoms. The number of halogens is 1. The predicted octanol–water partition coefficient (Wildman–Crippen LogP) is 2.36. The fourth-order valence-corrected chi connectivity index (χ4v) is 2.25. The molecule has 0 N–H and O–H groups in total. The number of ether oxygens (including phenoxy) is 1. The lowest BCUT2D eigenvalue weighted by Gasteiger charge is -2.18. The summed E-state index contributed by atoms with van der Waals surface area (Å²) in [6.07, 6.45) is 2.33. The molecular weight excluding hydrogens is 259 g/mol. The van der Waals surface area contributed by atoms with E-state index in [2.05, 4.69) is 0 Å². The Labute approximate surface area is 117 Å². The molecule has 20 heavy (non-hydrogen) atoms. The molecule has 1 aromatic carbocycles. The van der Waals surface area contributed by atoms with Crippen LogP contribution in [-0.4, -0.2) is 30.5 Å². The summed E-state index contributed by atoms with van der Waals surface area (Å²) in [6.45, 7) is 1.70. The largest absolute Gasteiger partial charge is 0.493 e. The van der Waals surface area contributed by atoms with Crippen molar-refractivity contribution in [2.75, 3.05) is 19.7 Å². The Balaban J connectivity index is 1.82. The van der Waals surface area contributed by atoms with Crippen molar-refractivity contribution in [3.8, 4) is 11.8 Å². The van der Waals surface area contributed by atoms with Crippen LogP contribution in [0, 0.1) is 23.1 Å². The maximum Gasteiger partial charge on any atom is 0.240 e. The summed E-state index contributed by atoms with van der Waals surface area (Å²) >= 11 is 0. The van der Waals surface area contributed by atoms with E-state index in [0.29, 0.717) is 12.2 Å². The number of nitriles is 1. The molecule has 1 fully saturated rings. The third-order valence-corrected chi connectivity index (χ3v) is 3.34. The fraction of sp³-hybridized carbons (Fsp3) is 0.467. The molecule has 4 nitrogen and oxygen atoms in total. The fourth-order valence-electron chi connectivity index (χ4n) is 2.25. The van der Waals surface area contributed by atoms with Gasteiger partial charge in [-0.15, -0.1) is 0 Å². The van der Waals surface area contributed by atoms with Gasteiger partial charge in [-0.05, 0) is 25.0 Å². The molecule has 106 valence electrons. The standard InChI is InChI=1S/C15H17FN2O2/c16-13-4-3-5-14(10-13)20-9-6-12(11-17)15(19)18-7-1-2-8-18/h3-5,10,12H,1-2,6-9H2. The average molecular weight is 276 g/mol. The summed E-state index contributed by atoms with van der Waals surface area (Å²) in [5.74, 6) is -0.753. The van der Waals surface area contributed by atoms with E-state index in [4.69, 9.17) is 10.00 Å². The van der Waals surface area contributed by atoms with Crippen LogP contribution in [0.2, 0.25) is 0 Å². The molecule has 1 saturated heterocycles. The van der Waals surface area contributed by atoms with Crippen LogP contribution in [0.25, 0.3) is 0 Å². The first-order valence-corrected chi connectivity index (χ1v) is 6.77. The highest BCUT2D eigenvalue weighted by Crippen LogP contribution is 2.16. The molecule has 0 saturated carbocycles. The van der Waals surface area contributed by atoms with Gasteiger partial charge in [-0.1, -0.05) is 6.07 Å². The van der Waals surface area contributed by atoms with Crippen LogP contribution in [0.4, 0.5) is 4.39 Å². The molecule has 1 atom stereocenters. The Kier molecular flexibility index (Phi) is 4.94. The van der Waals surface area contributed by atoms with Gasteiger partial charge in [0.05, 0.1) is 12.7 Å². The van der Waals surface area contributed by atoms with Crippen LogP contribution < -0.4 is 4.74 Å². The molecule has 1 aromatic rings. The van der Waals surface area contributed by atoms with Crippen LogP contribution in [0.1, 0.15) is 19.3 Å². The van der Waals surface area contributed by atoms with E-state index >= 15 is 0 Å². The Morgan fingerprint density at radius 3 is 2.85 bits per heavy atom. The van der Waals surface area contributed by atoms with Crippen LogP contribution >= 0.6 is 0 Å². The minimum atomic E-state index is -0.679. The molecule has 1 heterocycles. The zero-order valence-corrected chi connectivity index (χ0v) is 11.2. The zero-order chi connectivity index (χ0) is 14.4. The van der Waals surface area contributed by atoms with Crippen molar-refractivity contribution < 1.29 is 13.9 Å². The summed E-state index contributed by atoms with van der Waals surface area (Å²) in [7, 11) is 0. The number of hydrogen-bond donors (Lipinski definition) is 0. The molecule has 0 bridgehead atoms. The number of hydrogen-bond acceptors (Lipinski definition) is 3. The highest BCUT2D eigenvalue weighted by atomic mass is 19.1. The highest BCUT2D eigenvalue weighted by molar-refractivity contribution is 5.81. The van der Waals surface area contributed by atoms with Crippen molar-refractivity contribution in [2.24, 2.45) is 5.92 Å². The smallest absolute Gasteiger partial charge is 0.240 e. The van der Waals surface area contributed by atoms with E-state index in [9.17, 15) is 9.18 Å². The van der Waals surface area contributed by atoms with Gasteiger partial charge in [0.15, 0.2) is 0 Å². The van der Waals surface area contributed by atoms with E-state index < -0.39 is 5.92 Å². The van der Waals surface area contributed by atoms with Crippen molar-refractivity contribution in [1.82, 2.24) is 4.90 Å². The number of nitrogens with zero attached hydrogens (tertiary/aromatic N) is 2. The average Bonchev–Trinajstić information content (AvgIpc) is 2.97. The van der Waals surface area contributed by atoms with Gasteiger partial charge in [0.2, 0.25) is 5.91 Å². The molecule has 1 aliphatic heterocycles. The molecule has 1 aliphatic rings. The Morgan fingerprint density at radius 2 is 2.20 bits per heavy atom. The molecule has 1 amide bonds. The van der Waals surface area contributed by atoms with Crippen molar-refractivity contribution >= 4 is 5.91 Å². The van der Waals surface area contributed by atoms with E-state index in [-0.39, 0.29) is 18.3 Å². The summed E-state index contributed by atoms with van der Waals surface area (Å²) in [6, 6.07) is 7.85. The SMILES string of the molecule is N#CC(CCOc1cccc(F)c1)C(=O)N1CCCC1. The van der Waals surface area contributed by atoms with Gasteiger partial charge in [-0.2, -0.15) is 5.26 Å². The lowest BCUT2D eigenvalue weighted by Crippen LogP contribution is -2.33. The summed E-state index contributed by atoms with van der Waals surface area (Å²) in [5.41, 5.74) is 0. The second-order valence-electron chi connectivity index (χ2n) is 4.81. The Bertz CT molecular complexity index is 507. The number of carbonyl (C=O) groups excluding carboxylic acids is 1. The summed E-state index contributed by atoms with van der Waals surface area (Å²) in [5, 5.41) is 9.09. The third kappa shape index (κ3) is 3.70. The topological polar surface area (TPSA) is 53.3 Å². The lowest BCUT2D eigenvalue weighted by atomic mass is 10.1. The molecule has 5 heteroatoms. The van der Waals surface area contributed by atoms with Crippen molar-refractivity contribution in [3.05, 3.63) is 30.1 Å². The molecule has 1 unspecified atom stereocenters. The van der Waals surface area contributed by atoms with Gasteiger partial charge in [0, 0.05) is 25.6 Å². The van der Waals surface area contributed by atoms with E-state index in [1.807, 2.05) is 6.07 Å². The molecule has 0 aromatic heterocycles. The number of likely N-dealkylation sites (tertiary alicyclic amines) is 1. The van der Waals surface area contributed by atoms with Crippen LogP contribution in [0.3, 0.4) is 0 Å². The summed E-state index contributed by atoms with van der Waals surface area (Å²) < 4.78 is 18.3. The first-order valence-electron chi connectivity index (χ1n) is 6.77. The molecule has 0 radical (unpaired) electrons. The lowest BCUT2D eigenvalue weighted by molar-refractivity contribution is -0.133. The van der Waals surface area contributed by atoms with E-state index in [0.717, 1.165) is 25.9 Å². The Morgan fingerprint density at radius 1 is 1.45 bits per heavy atom. The maximum absolute atomic E-state index is 13.0. The normalized spacial score (nSPS) is 15.7. The first-order chi connectivity index (χ1) is 9.70. The maximum atomic E-state index is 13.0. The van der Waals surface area contributed by atoms with Crippen LogP contribution in [-0.2, 0) is 4.79 Å². The quantitative estimate of drug-likeness (QED) is 0.829. The predicted molar refractivity (Wildman–Crippen MR) is 71.4 cm³/mol. The van der Waals surface area contributed by atoms with Crippen molar-refractivity contribution in [3.63, 3.8) is 0 Å². The zero-order valence-electron chi connectivity index (χ0n) is 11.2. The molecule has 0 aliphatic carbocycles. The second-order valence-corrected chi connectivity index (χ2v) is 4.81. The minimum absolute atomic E-state index is 0.118. The molecular formula is C15H17FN2O2. The monoisotopic (exact) mass is 276 g/mol. The van der Waals surface area contributed by atoms with Gasteiger partial charge in [0.1, 0.15) is 17.5 Å². The number of carbonyl (C=O) groups is 1. The van der Waals surface area contributed by atoms with Crippen LogP contribution in [0.15, 0.2) is 24.3 Å². The first kappa shape index (κ1) is 14.3. The summed E-state index contributed by atoms with van der Waals surface area (Å²) in [4.78, 5) is 13.8. The third-order valence-electron chi connectivity index (χ3n) is 3.34. The van der Waals surface area contributed by atoms with Crippen molar-refractivity contribution in [1.29, 1.82) is 5.26 Å². The van der Waals surface area contributed by atoms with Gasteiger partial charge < -0.3 is 9.64 Å². The second kappa shape index (κ2) is 6.90. The molecule has 2 rings (SSSR count). The van der Waals surface area contributed by atoms with E-state index in [1.165, 1.54) is 12.1 Å². The van der Waals surface area contributed by atoms with Gasteiger partial charge in [-0.3, -0.25) is 4.79 Å². The van der Waals surface area contributed by atoms with Gasteiger partial charge >= 0.3 is 0 Å². The van der Waals surface area contributed by atoms with Gasteiger partial charge in [0.25, 0.3) is 0 Å². The highest BCUT2D eigenvalue weighted by Gasteiger charge is 2.26. The Hall–Kier alpha value is -2.09.